The molecule has 0 radical (unpaired) electrons. The largest absolute Gasteiger partial charge is 0.441 e. The summed E-state index contributed by atoms with van der Waals surface area (Å²) in [5, 5.41) is 4.65. The second-order valence-corrected chi connectivity index (χ2v) is 5.00. The highest BCUT2D eigenvalue weighted by Crippen LogP contribution is 2.31. The molecule has 1 aromatic heterocycles. The van der Waals surface area contributed by atoms with Crippen LogP contribution in [0.3, 0.4) is 0 Å². The van der Waals surface area contributed by atoms with Crippen molar-refractivity contribution >= 4 is 33.9 Å². The minimum absolute atomic E-state index is 0.0510. The number of aromatic nitrogens is 1. The van der Waals surface area contributed by atoms with Gasteiger partial charge in [-0.2, -0.15) is 13.2 Å². The molecule has 19 heavy (non-hydrogen) atoms. The third kappa shape index (κ3) is 3.66. The van der Waals surface area contributed by atoms with Gasteiger partial charge < -0.3 is 11.1 Å². The molecule has 0 aliphatic rings. The molecule has 3 N–H and O–H groups in total. The Morgan fingerprint density at radius 1 is 1.26 bits per heavy atom. The van der Waals surface area contributed by atoms with Crippen LogP contribution in [0.15, 0.2) is 30.6 Å². The number of nitrogen functional groups attached to an aromatic ring is 1. The van der Waals surface area contributed by atoms with Crippen molar-refractivity contribution in [3.63, 3.8) is 0 Å². The van der Waals surface area contributed by atoms with Gasteiger partial charge >= 0.3 is 5.51 Å². The molecule has 3 nitrogen and oxygen atoms in total. The van der Waals surface area contributed by atoms with Crippen LogP contribution in [0.4, 0.5) is 24.5 Å². The van der Waals surface area contributed by atoms with E-state index in [2.05, 4.69) is 10.3 Å². The number of benzene rings is 1. The molecular weight excluding hydrogens is 275 g/mol. The number of hydrogen-bond donors (Lipinski definition) is 2. The first-order chi connectivity index (χ1) is 8.97. The van der Waals surface area contributed by atoms with E-state index in [4.69, 9.17) is 5.73 Å². The number of rotatable bonds is 4. The van der Waals surface area contributed by atoms with Gasteiger partial charge in [0.15, 0.2) is 0 Å². The van der Waals surface area contributed by atoms with Crippen molar-refractivity contribution in [2.24, 2.45) is 0 Å². The van der Waals surface area contributed by atoms with E-state index in [1.54, 1.807) is 24.5 Å². The summed E-state index contributed by atoms with van der Waals surface area (Å²) >= 11 is -0.0510. The molecule has 0 saturated carbocycles. The fraction of sp³-hybridized carbons (Fsp3) is 0.250. The van der Waals surface area contributed by atoms with Gasteiger partial charge in [-0.15, -0.1) is 0 Å². The van der Waals surface area contributed by atoms with E-state index in [1.807, 2.05) is 6.07 Å². The van der Waals surface area contributed by atoms with E-state index in [1.165, 1.54) is 0 Å². The summed E-state index contributed by atoms with van der Waals surface area (Å²) in [6.07, 6.45) is 3.32. The predicted octanol–water partition coefficient (Wildman–Crippen LogP) is 3.48. The number of fused-ring (bicyclic) bond motifs is 1. The highest BCUT2D eigenvalue weighted by molar-refractivity contribution is 8.00. The second kappa shape index (κ2) is 5.56. The van der Waals surface area contributed by atoms with Crippen LogP contribution in [-0.2, 0) is 0 Å². The first-order valence-electron chi connectivity index (χ1n) is 5.54. The van der Waals surface area contributed by atoms with Crippen LogP contribution >= 0.6 is 11.8 Å². The summed E-state index contributed by atoms with van der Waals surface area (Å²) in [7, 11) is 0. The average Bonchev–Trinajstić information content (AvgIpc) is 2.36. The molecule has 2 aromatic rings. The van der Waals surface area contributed by atoms with Crippen molar-refractivity contribution in [2.75, 3.05) is 23.3 Å². The number of halogens is 3. The lowest BCUT2D eigenvalue weighted by molar-refractivity contribution is -0.0327. The topological polar surface area (TPSA) is 50.9 Å². The van der Waals surface area contributed by atoms with E-state index in [-0.39, 0.29) is 24.1 Å². The molecule has 0 amide bonds. The fourth-order valence-electron chi connectivity index (χ4n) is 1.70. The van der Waals surface area contributed by atoms with Crippen LogP contribution in [0.2, 0.25) is 0 Å². The number of anilines is 2. The Bertz CT molecular complexity index is 572. The lowest BCUT2D eigenvalue weighted by Crippen LogP contribution is -2.10. The molecule has 0 bridgehead atoms. The van der Waals surface area contributed by atoms with Crippen LogP contribution < -0.4 is 11.1 Å². The summed E-state index contributed by atoms with van der Waals surface area (Å²) in [6, 6.07) is 5.36. The normalized spacial score (nSPS) is 11.7. The van der Waals surface area contributed by atoms with Gasteiger partial charge in [0.1, 0.15) is 0 Å². The zero-order valence-corrected chi connectivity index (χ0v) is 10.7. The smallest absolute Gasteiger partial charge is 0.397 e. The number of nitrogens with one attached hydrogen (secondary N) is 1. The van der Waals surface area contributed by atoms with E-state index in [0.29, 0.717) is 11.4 Å². The van der Waals surface area contributed by atoms with Gasteiger partial charge in [0.25, 0.3) is 0 Å². The summed E-state index contributed by atoms with van der Waals surface area (Å²) in [6.45, 7) is 0.199. The fourth-order valence-corrected chi connectivity index (χ4v) is 2.13. The molecular formula is C12H12F3N3S. The zero-order valence-electron chi connectivity index (χ0n) is 9.87. The van der Waals surface area contributed by atoms with E-state index in [9.17, 15) is 13.2 Å². The van der Waals surface area contributed by atoms with Crippen LogP contribution in [0.1, 0.15) is 0 Å². The Labute approximate surface area is 112 Å². The molecule has 2 rings (SSSR count). The van der Waals surface area contributed by atoms with Crippen molar-refractivity contribution in [3.8, 4) is 0 Å². The number of nitrogens with zero attached hydrogens (tertiary/aromatic N) is 1. The van der Waals surface area contributed by atoms with Gasteiger partial charge in [-0.25, -0.2) is 0 Å². The summed E-state index contributed by atoms with van der Waals surface area (Å²) in [5.74, 6) is -0.0582. The van der Waals surface area contributed by atoms with Crippen molar-refractivity contribution in [1.29, 1.82) is 0 Å². The SMILES string of the molecule is Nc1c(NCCSC(F)(F)F)ccc2cnccc12. The van der Waals surface area contributed by atoms with Gasteiger partial charge in [-0.3, -0.25) is 4.98 Å². The molecule has 102 valence electrons. The second-order valence-electron chi connectivity index (χ2n) is 3.84. The molecule has 0 fully saturated rings. The first kappa shape index (κ1) is 13.8. The minimum atomic E-state index is -4.19. The molecule has 1 aromatic carbocycles. The lowest BCUT2D eigenvalue weighted by Gasteiger charge is -2.12. The zero-order chi connectivity index (χ0) is 13.9. The quantitative estimate of drug-likeness (QED) is 0.667. The van der Waals surface area contributed by atoms with Crippen molar-refractivity contribution in [3.05, 3.63) is 30.6 Å². The lowest BCUT2D eigenvalue weighted by atomic mass is 10.1. The van der Waals surface area contributed by atoms with Crippen LogP contribution in [0.25, 0.3) is 10.8 Å². The summed E-state index contributed by atoms with van der Waals surface area (Å²) in [5.41, 5.74) is 2.94. The van der Waals surface area contributed by atoms with E-state index in [0.717, 1.165) is 10.8 Å². The number of alkyl halides is 3. The Balaban J connectivity index is 2.03. The Morgan fingerprint density at radius 3 is 2.79 bits per heavy atom. The molecule has 0 aliphatic carbocycles. The number of hydrogen-bond acceptors (Lipinski definition) is 4. The van der Waals surface area contributed by atoms with Crippen LogP contribution in [0.5, 0.6) is 0 Å². The predicted molar refractivity (Wildman–Crippen MR) is 73.2 cm³/mol. The standard InChI is InChI=1S/C12H12F3N3S/c13-12(14,15)19-6-5-18-10-2-1-8-7-17-4-3-9(8)11(10)16/h1-4,7,18H,5-6,16H2. The highest BCUT2D eigenvalue weighted by atomic mass is 32.2. The minimum Gasteiger partial charge on any atom is -0.397 e. The van der Waals surface area contributed by atoms with Gasteiger partial charge in [0, 0.05) is 35.5 Å². The molecule has 1 heterocycles. The highest BCUT2D eigenvalue weighted by Gasteiger charge is 2.27. The molecule has 0 unspecified atom stereocenters. The van der Waals surface area contributed by atoms with Gasteiger partial charge in [-0.05, 0) is 23.9 Å². The third-order valence-electron chi connectivity index (χ3n) is 2.55. The molecule has 0 saturated heterocycles. The summed E-state index contributed by atoms with van der Waals surface area (Å²) in [4.78, 5) is 3.98. The number of thioether (sulfide) groups is 1. The van der Waals surface area contributed by atoms with Crippen LogP contribution in [0, 0.1) is 0 Å². The molecule has 0 atom stereocenters. The van der Waals surface area contributed by atoms with Gasteiger partial charge in [-0.1, -0.05) is 6.07 Å². The monoisotopic (exact) mass is 287 g/mol. The van der Waals surface area contributed by atoms with Crippen LogP contribution in [-0.4, -0.2) is 22.8 Å². The molecule has 0 spiro atoms. The molecule has 7 heteroatoms. The maximum absolute atomic E-state index is 12.0. The maximum Gasteiger partial charge on any atom is 0.441 e. The van der Waals surface area contributed by atoms with Crippen molar-refractivity contribution < 1.29 is 13.2 Å². The van der Waals surface area contributed by atoms with E-state index >= 15 is 0 Å². The number of pyridine rings is 1. The van der Waals surface area contributed by atoms with E-state index < -0.39 is 5.51 Å². The summed E-state index contributed by atoms with van der Waals surface area (Å²) < 4.78 is 35.9. The Hall–Kier alpha value is -1.63. The Morgan fingerprint density at radius 2 is 2.05 bits per heavy atom. The first-order valence-corrected chi connectivity index (χ1v) is 6.53. The Kier molecular flexibility index (Phi) is 4.04. The maximum atomic E-state index is 12.0. The third-order valence-corrected chi connectivity index (χ3v) is 3.28. The number of nitrogens with two attached hydrogens (primary N) is 1. The van der Waals surface area contributed by atoms with Crippen molar-refractivity contribution in [1.82, 2.24) is 4.98 Å². The average molecular weight is 287 g/mol. The van der Waals surface area contributed by atoms with Crippen molar-refractivity contribution in [2.45, 2.75) is 5.51 Å². The van der Waals surface area contributed by atoms with Gasteiger partial charge in [0.05, 0.1) is 11.4 Å². The van der Waals surface area contributed by atoms with Gasteiger partial charge in [0.2, 0.25) is 0 Å². The molecule has 0 aliphatic heterocycles.